The summed E-state index contributed by atoms with van der Waals surface area (Å²) < 4.78 is 17.7. The maximum Gasteiger partial charge on any atom is 0.348 e. The Morgan fingerprint density at radius 2 is 1.26 bits per heavy atom. The van der Waals surface area contributed by atoms with Gasteiger partial charge in [0.2, 0.25) is 0 Å². The minimum Gasteiger partial charge on any atom is -0.507 e. The molecule has 0 amide bonds. The van der Waals surface area contributed by atoms with E-state index in [4.69, 9.17) is 14.2 Å². The average Bonchev–Trinajstić information content (AvgIpc) is 2.91. The second kappa shape index (κ2) is 15.6. The van der Waals surface area contributed by atoms with Gasteiger partial charge in [-0.1, -0.05) is 59.3 Å². The van der Waals surface area contributed by atoms with Gasteiger partial charge in [-0.25, -0.2) is 9.78 Å². The summed E-state index contributed by atoms with van der Waals surface area (Å²) >= 11 is 0. The summed E-state index contributed by atoms with van der Waals surface area (Å²) in [5.41, 5.74) is 0.402. The Morgan fingerprint density at radius 3 is 1.84 bits per heavy atom. The summed E-state index contributed by atoms with van der Waals surface area (Å²) in [7, 11) is 0. The fourth-order valence-electron chi connectivity index (χ4n) is 3.95. The summed E-state index contributed by atoms with van der Waals surface area (Å²) in [6, 6.07) is 10.5. The van der Waals surface area contributed by atoms with E-state index in [0.29, 0.717) is 48.2 Å². The molecule has 8 nitrogen and oxygen atoms in total. The first kappa shape index (κ1) is 29.0. The van der Waals surface area contributed by atoms with Crippen molar-refractivity contribution in [1.82, 2.24) is 15.0 Å². The van der Waals surface area contributed by atoms with Gasteiger partial charge in [0.15, 0.2) is 5.82 Å². The van der Waals surface area contributed by atoms with E-state index in [9.17, 15) is 9.90 Å². The van der Waals surface area contributed by atoms with Gasteiger partial charge in [-0.3, -0.25) is 4.98 Å². The lowest BCUT2D eigenvalue weighted by molar-refractivity contribution is 0.292. The van der Waals surface area contributed by atoms with Gasteiger partial charge in [-0.15, -0.1) is 0 Å². The molecule has 2 N–H and O–H groups in total. The number of ether oxygens (including phenoxy) is 3. The van der Waals surface area contributed by atoms with Crippen LogP contribution in [0.5, 0.6) is 23.0 Å². The van der Waals surface area contributed by atoms with Gasteiger partial charge >= 0.3 is 5.69 Å². The lowest BCUT2D eigenvalue weighted by Gasteiger charge is -2.14. The number of nitrogens with one attached hydrogen (secondary N) is 1. The molecule has 0 bridgehead atoms. The van der Waals surface area contributed by atoms with Crippen LogP contribution in [-0.4, -0.2) is 39.9 Å². The third-order valence-electron chi connectivity index (χ3n) is 6.11. The number of nitrogens with zero attached hydrogens (tertiary/aromatic N) is 2. The van der Waals surface area contributed by atoms with Crippen LogP contribution in [0.3, 0.4) is 0 Å². The normalized spacial score (nSPS) is 10.9. The fraction of sp³-hybridized carbons (Fsp3) is 0.500. The summed E-state index contributed by atoms with van der Waals surface area (Å²) in [6.45, 7) is 8.18. The zero-order chi connectivity index (χ0) is 27.2. The highest BCUT2D eigenvalue weighted by Gasteiger charge is 2.16. The number of phenolic OH excluding ortho intramolecular Hbond substituents is 1. The van der Waals surface area contributed by atoms with Crippen LogP contribution in [0, 0.1) is 0 Å². The second-order valence-corrected chi connectivity index (χ2v) is 9.33. The van der Waals surface area contributed by atoms with Crippen LogP contribution in [0.2, 0.25) is 0 Å². The number of rotatable bonds is 17. The molecule has 0 atom stereocenters. The minimum absolute atomic E-state index is 0.0369. The Hall–Kier alpha value is -3.55. The van der Waals surface area contributed by atoms with Crippen molar-refractivity contribution in [2.24, 2.45) is 0 Å². The van der Waals surface area contributed by atoms with Crippen LogP contribution in [0.25, 0.3) is 22.8 Å². The van der Waals surface area contributed by atoms with E-state index in [2.05, 4.69) is 35.7 Å². The molecule has 2 aromatic carbocycles. The standard InChI is InChI=1S/C30H41N3O5/c1-4-7-10-17-36-22-13-15-24(26(34)20-22)28-31-29(33-30(35)32-28)25-16-14-23(37-18-11-8-5-2)21-27(25)38-19-12-9-6-3/h13-16,20-21,34H,4-12,17-19H2,1-3H3,(H,31,32,33,35). The first-order valence-corrected chi connectivity index (χ1v) is 13.9. The highest BCUT2D eigenvalue weighted by molar-refractivity contribution is 5.70. The Labute approximate surface area is 225 Å². The third kappa shape index (κ3) is 8.78. The average molecular weight is 524 g/mol. The van der Waals surface area contributed by atoms with Crippen molar-refractivity contribution in [3.63, 3.8) is 0 Å². The number of aromatic hydroxyl groups is 1. The van der Waals surface area contributed by atoms with Crippen molar-refractivity contribution >= 4 is 0 Å². The predicted octanol–water partition coefficient (Wildman–Crippen LogP) is 6.91. The van der Waals surface area contributed by atoms with E-state index in [-0.39, 0.29) is 17.4 Å². The van der Waals surface area contributed by atoms with Gasteiger partial charge < -0.3 is 19.3 Å². The molecule has 3 rings (SSSR count). The van der Waals surface area contributed by atoms with Crippen LogP contribution in [0.4, 0.5) is 0 Å². The van der Waals surface area contributed by atoms with Crippen LogP contribution in [-0.2, 0) is 0 Å². The minimum atomic E-state index is -0.568. The predicted molar refractivity (Wildman–Crippen MR) is 150 cm³/mol. The smallest absolute Gasteiger partial charge is 0.348 e. The lowest BCUT2D eigenvalue weighted by Crippen LogP contribution is -2.15. The molecule has 3 aromatic rings. The van der Waals surface area contributed by atoms with Crippen LogP contribution in [0.1, 0.15) is 78.6 Å². The first-order chi connectivity index (χ1) is 18.5. The topological polar surface area (TPSA) is 107 Å². The second-order valence-electron chi connectivity index (χ2n) is 9.33. The maximum absolute atomic E-state index is 12.5. The molecule has 0 aliphatic rings. The Bertz CT molecular complexity index is 1190. The Kier molecular flexibility index (Phi) is 11.9. The van der Waals surface area contributed by atoms with E-state index in [1.807, 2.05) is 18.2 Å². The van der Waals surface area contributed by atoms with Crippen LogP contribution >= 0.6 is 0 Å². The van der Waals surface area contributed by atoms with E-state index in [1.54, 1.807) is 12.1 Å². The molecule has 0 saturated heterocycles. The third-order valence-corrected chi connectivity index (χ3v) is 6.11. The molecule has 0 unspecified atom stereocenters. The molecule has 0 spiro atoms. The van der Waals surface area contributed by atoms with E-state index in [0.717, 1.165) is 57.8 Å². The summed E-state index contributed by atoms with van der Waals surface area (Å²) in [5, 5.41) is 10.7. The van der Waals surface area contributed by atoms with Crippen molar-refractivity contribution in [3.8, 4) is 45.8 Å². The summed E-state index contributed by atoms with van der Waals surface area (Å²) in [4.78, 5) is 23.9. The van der Waals surface area contributed by atoms with Crippen molar-refractivity contribution in [3.05, 3.63) is 46.9 Å². The SMILES string of the molecule is CCCCCOc1ccc(-c2nc(-c3ccc(OCCCCC)cc3OCCCCC)nc(=O)[nH]2)c(O)c1. The number of aromatic amines is 1. The monoisotopic (exact) mass is 523 g/mol. The molecule has 0 aliphatic heterocycles. The van der Waals surface area contributed by atoms with Gasteiger partial charge in [0.25, 0.3) is 0 Å². The Balaban J connectivity index is 1.87. The largest absolute Gasteiger partial charge is 0.507 e. The van der Waals surface area contributed by atoms with Crippen molar-refractivity contribution in [1.29, 1.82) is 0 Å². The number of unbranched alkanes of at least 4 members (excludes halogenated alkanes) is 6. The number of aromatic nitrogens is 3. The lowest BCUT2D eigenvalue weighted by atomic mass is 10.1. The first-order valence-electron chi connectivity index (χ1n) is 13.9. The molecule has 206 valence electrons. The molecule has 1 aromatic heterocycles. The number of H-pyrrole nitrogens is 1. The molecule has 0 radical (unpaired) electrons. The molecule has 1 heterocycles. The van der Waals surface area contributed by atoms with E-state index < -0.39 is 5.69 Å². The number of hydrogen-bond donors (Lipinski definition) is 2. The molecule has 0 saturated carbocycles. The summed E-state index contributed by atoms with van der Waals surface area (Å²) in [6.07, 6.45) is 9.43. The van der Waals surface area contributed by atoms with Crippen LogP contribution in [0.15, 0.2) is 41.2 Å². The van der Waals surface area contributed by atoms with Gasteiger partial charge in [-0.05, 0) is 43.5 Å². The summed E-state index contributed by atoms with van der Waals surface area (Å²) in [5.74, 6) is 2.22. The van der Waals surface area contributed by atoms with Gasteiger partial charge in [0, 0.05) is 12.1 Å². The zero-order valence-corrected chi connectivity index (χ0v) is 22.9. The fourth-order valence-corrected chi connectivity index (χ4v) is 3.95. The molecular weight excluding hydrogens is 482 g/mol. The number of benzene rings is 2. The Morgan fingerprint density at radius 1 is 0.711 bits per heavy atom. The van der Waals surface area contributed by atoms with E-state index in [1.165, 1.54) is 6.07 Å². The van der Waals surface area contributed by atoms with Crippen molar-refractivity contribution < 1.29 is 19.3 Å². The number of phenols is 1. The molecule has 0 fully saturated rings. The van der Waals surface area contributed by atoms with Gasteiger partial charge in [-0.2, -0.15) is 4.98 Å². The van der Waals surface area contributed by atoms with Crippen molar-refractivity contribution in [2.45, 2.75) is 78.6 Å². The van der Waals surface area contributed by atoms with Crippen LogP contribution < -0.4 is 19.9 Å². The molecule has 0 aliphatic carbocycles. The number of hydrogen-bond acceptors (Lipinski definition) is 7. The maximum atomic E-state index is 12.5. The zero-order valence-electron chi connectivity index (χ0n) is 22.9. The van der Waals surface area contributed by atoms with Gasteiger partial charge in [0.05, 0.1) is 30.9 Å². The molecule has 38 heavy (non-hydrogen) atoms. The highest BCUT2D eigenvalue weighted by atomic mass is 16.5. The van der Waals surface area contributed by atoms with Gasteiger partial charge in [0.1, 0.15) is 28.8 Å². The quantitative estimate of drug-likeness (QED) is 0.185. The molecule has 8 heteroatoms. The van der Waals surface area contributed by atoms with E-state index >= 15 is 0 Å². The molecular formula is C30H41N3O5. The van der Waals surface area contributed by atoms with Crippen molar-refractivity contribution in [2.75, 3.05) is 19.8 Å². The highest BCUT2D eigenvalue weighted by Crippen LogP contribution is 2.34.